The van der Waals surface area contributed by atoms with Crippen molar-refractivity contribution in [2.45, 2.75) is 18.5 Å². The highest BCUT2D eigenvalue weighted by molar-refractivity contribution is 7.58. The molecule has 0 saturated carbocycles. The van der Waals surface area contributed by atoms with Crippen LogP contribution in [-0.4, -0.2) is 23.1 Å². The molecule has 0 spiro atoms. The minimum Gasteiger partial charge on any atom is -0.732 e. The Morgan fingerprint density at radius 3 is 2.50 bits per heavy atom. The van der Waals surface area contributed by atoms with Crippen LogP contribution in [0.5, 0.6) is 5.75 Å². The van der Waals surface area contributed by atoms with Gasteiger partial charge in [-0.2, -0.15) is 4.40 Å². The van der Waals surface area contributed by atoms with E-state index in [4.69, 9.17) is 17.4 Å². The normalized spacial score (nSPS) is 10.7. The van der Waals surface area contributed by atoms with Crippen LogP contribution >= 0.6 is 0 Å². The fourth-order valence-corrected chi connectivity index (χ4v) is 3.84. The van der Waals surface area contributed by atoms with Crippen molar-refractivity contribution in [3.8, 4) is 11.4 Å². The molecule has 2 heterocycles. The number of para-hydroxylation sites is 2. The summed E-state index contributed by atoms with van der Waals surface area (Å²) in [7, 11) is 0. The first-order valence-corrected chi connectivity index (χ1v) is 10.6. The van der Waals surface area contributed by atoms with Gasteiger partial charge in [0.25, 0.3) is 5.65 Å². The van der Waals surface area contributed by atoms with Gasteiger partial charge in [-0.25, -0.2) is 9.36 Å². The Balaban J connectivity index is 1.66. The summed E-state index contributed by atoms with van der Waals surface area (Å²) in [6, 6.07) is 21.8. The molecule has 4 aromatic rings. The Morgan fingerprint density at radius 1 is 1.00 bits per heavy atom. The van der Waals surface area contributed by atoms with Crippen LogP contribution in [0.2, 0.25) is 0 Å². The van der Waals surface area contributed by atoms with Crippen LogP contribution in [0, 0.1) is 0 Å². The van der Waals surface area contributed by atoms with Gasteiger partial charge in [-0.1, -0.05) is 48.5 Å². The second-order valence-corrected chi connectivity index (χ2v) is 7.33. The number of hydrogen-bond donors (Lipinski definition) is 2. The molecule has 2 aromatic carbocycles. The lowest BCUT2D eigenvalue weighted by atomic mass is 10.2. The van der Waals surface area contributed by atoms with Gasteiger partial charge in [-0.3, -0.25) is 10.1 Å². The number of nitrogens with one attached hydrogen (secondary N) is 2. The molecule has 2 aromatic heterocycles. The summed E-state index contributed by atoms with van der Waals surface area (Å²) >= 11 is 5.68. The standard InChI is InChI=1S/C24H22N4O3S/c1-2-31-19-13-7-6-12-18(19)28-20-14-8-9-15-27(20)21(23(28)32)22(29)26-24(30)25-16-17-10-4-3-5-11-17/h3-15H,2,16H2,1H3,(H2-,25,26,29,30,32). The molecule has 0 fully saturated rings. The van der Waals surface area contributed by atoms with Crippen LogP contribution in [0.25, 0.3) is 11.3 Å². The van der Waals surface area contributed by atoms with E-state index in [2.05, 4.69) is 10.6 Å². The van der Waals surface area contributed by atoms with Crippen molar-refractivity contribution in [1.29, 1.82) is 0 Å². The van der Waals surface area contributed by atoms with Crippen molar-refractivity contribution in [3.05, 3.63) is 90.3 Å². The average Bonchev–Trinajstić information content (AvgIpc) is 3.10. The third kappa shape index (κ3) is 4.26. The Bertz CT molecular complexity index is 1270. The van der Waals surface area contributed by atoms with E-state index < -0.39 is 11.9 Å². The monoisotopic (exact) mass is 446 g/mol. The van der Waals surface area contributed by atoms with E-state index in [9.17, 15) is 9.59 Å². The van der Waals surface area contributed by atoms with E-state index in [1.807, 2.05) is 73.7 Å². The smallest absolute Gasteiger partial charge is 0.322 e. The lowest BCUT2D eigenvalue weighted by molar-refractivity contribution is -0.514. The van der Waals surface area contributed by atoms with Gasteiger partial charge in [0.15, 0.2) is 11.4 Å². The van der Waals surface area contributed by atoms with Crippen LogP contribution in [0.4, 0.5) is 4.79 Å². The van der Waals surface area contributed by atoms with Gasteiger partial charge in [0.2, 0.25) is 5.69 Å². The molecule has 0 aliphatic heterocycles. The summed E-state index contributed by atoms with van der Waals surface area (Å²) in [6.45, 7) is 2.70. The molecule has 0 aliphatic carbocycles. The predicted octanol–water partition coefficient (Wildman–Crippen LogP) is 3.16. The summed E-state index contributed by atoms with van der Waals surface area (Å²) in [6.07, 6.45) is 1.74. The zero-order chi connectivity index (χ0) is 22.5. The molecule has 2 N–H and O–H groups in total. The maximum atomic E-state index is 13.1. The number of imidazole rings is 1. The second-order valence-electron chi connectivity index (χ2n) is 6.94. The number of urea groups is 1. The number of fused-ring (bicyclic) bond motifs is 1. The lowest BCUT2D eigenvalue weighted by Gasteiger charge is -2.11. The maximum absolute atomic E-state index is 13.1. The van der Waals surface area contributed by atoms with E-state index in [1.165, 1.54) is 0 Å². The summed E-state index contributed by atoms with van der Waals surface area (Å²) in [5.41, 5.74) is 2.52. The summed E-state index contributed by atoms with van der Waals surface area (Å²) in [5.74, 6) is 0.0596. The molecule has 32 heavy (non-hydrogen) atoms. The van der Waals surface area contributed by atoms with Crippen LogP contribution in [-0.2, 0) is 19.2 Å². The zero-order valence-corrected chi connectivity index (χ0v) is 18.3. The zero-order valence-electron chi connectivity index (χ0n) is 17.4. The van der Waals surface area contributed by atoms with Crippen molar-refractivity contribution >= 4 is 30.2 Å². The molecule has 0 atom stereocenters. The van der Waals surface area contributed by atoms with Gasteiger partial charge in [0.1, 0.15) is 0 Å². The lowest BCUT2D eigenvalue weighted by Crippen LogP contribution is -2.42. The highest BCUT2D eigenvalue weighted by Crippen LogP contribution is 2.27. The predicted molar refractivity (Wildman–Crippen MR) is 122 cm³/mol. The number of aromatic nitrogens is 2. The molecule has 0 bridgehead atoms. The average molecular weight is 447 g/mol. The van der Waals surface area contributed by atoms with Gasteiger partial charge >= 0.3 is 11.9 Å². The molecule has 162 valence electrons. The number of hydrogen-bond acceptors (Lipinski definition) is 4. The first kappa shape index (κ1) is 21.3. The summed E-state index contributed by atoms with van der Waals surface area (Å²) < 4.78 is 9.21. The minimum absolute atomic E-state index is 0.191. The van der Waals surface area contributed by atoms with Crippen molar-refractivity contribution < 1.29 is 18.7 Å². The van der Waals surface area contributed by atoms with Crippen LogP contribution in [0.3, 0.4) is 0 Å². The first-order valence-electron chi connectivity index (χ1n) is 10.2. The van der Waals surface area contributed by atoms with E-state index in [0.717, 1.165) is 11.3 Å². The van der Waals surface area contributed by atoms with Crippen molar-refractivity contribution in [1.82, 2.24) is 15.2 Å². The Labute approximate surface area is 191 Å². The number of carbonyl (C=O) groups excluding carboxylic acids is 2. The number of benzene rings is 2. The number of nitrogens with zero attached hydrogens (tertiary/aromatic N) is 2. The second kappa shape index (κ2) is 9.49. The Hall–Kier alpha value is -3.91. The van der Waals surface area contributed by atoms with Gasteiger partial charge in [-0.05, 0) is 30.7 Å². The van der Waals surface area contributed by atoms with Crippen molar-refractivity contribution in [2.24, 2.45) is 0 Å². The third-order valence-corrected chi connectivity index (χ3v) is 5.23. The molecule has 4 rings (SSSR count). The SMILES string of the molecule is CCOc1ccccc1-n1c([S-])c(C(=O)NC(=O)NCc2ccccc2)[n+]2ccccc12. The number of amides is 3. The quantitative estimate of drug-likeness (QED) is 0.352. The largest absolute Gasteiger partial charge is 0.732 e. The van der Waals surface area contributed by atoms with Crippen LogP contribution in [0.15, 0.2) is 84.0 Å². The van der Waals surface area contributed by atoms with Gasteiger partial charge in [0, 0.05) is 17.6 Å². The number of imide groups is 1. The molecule has 0 aliphatic rings. The molecule has 0 saturated heterocycles. The Kier molecular flexibility index (Phi) is 6.32. The van der Waals surface area contributed by atoms with E-state index >= 15 is 0 Å². The number of carbonyl (C=O) groups is 2. The molecule has 8 heteroatoms. The van der Waals surface area contributed by atoms with Crippen LogP contribution in [0.1, 0.15) is 23.0 Å². The van der Waals surface area contributed by atoms with E-state index in [1.54, 1.807) is 21.2 Å². The van der Waals surface area contributed by atoms with E-state index in [0.29, 0.717) is 24.5 Å². The van der Waals surface area contributed by atoms with Crippen molar-refractivity contribution in [2.75, 3.05) is 6.61 Å². The number of ether oxygens (including phenoxy) is 1. The molecule has 0 unspecified atom stereocenters. The maximum Gasteiger partial charge on any atom is 0.322 e. The first-order chi connectivity index (χ1) is 15.6. The molecular weight excluding hydrogens is 424 g/mol. The fraction of sp³-hybridized carbons (Fsp3) is 0.125. The van der Waals surface area contributed by atoms with E-state index in [-0.39, 0.29) is 10.7 Å². The third-order valence-electron chi connectivity index (χ3n) is 4.86. The van der Waals surface area contributed by atoms with Gasteiger partial charge < -0.3 is 22.7 Å². The summed E-state index contributed by atoms with van der Waals surface area (Å²) in [5, 5.41) is 5.35. The fourth-order valence-electron chi connectivity index (χ4n) is 3.46. The summed E-state index contributed by atoms with van der Waals surface area (Å²) in [4.78, 5) is 25.4. The van der Waals surface area contributed by atoms with Gasteiger partial charge in [-0.15, -0.1) is 0 Å². The Morgan fingerprint density at radius 2 is 1.72 bits per heavy atom. The number of pyridine rings is 1. The molecule has 0 radical (unpaired) electrons. The highest BCUT2D eigenvalue weighted by Gasteiger charge is 2.27. The van der Waals surface area contributed by atoms with Gasteiger partial charge in [0.05, 0.1) is 12.8 Å². The minimum atomic E-state index is -0.597. The van der Waals surface area contributed by atoms with Crippen LogP contribution < -0.4 is 19.8 Å². The highest BCUT2D eigenvalue weighted by atomic mass is 32.1. The molecular formula is C24H22N4O3S. The topological polar surface area (TPSA) is 76.5 Å². The van der Waals surface area contributed by atoms with Crippen molar-refractivity contribution in [3.63, 3.8) is 0 Å². The molecule has 3 amide bonds. The number of rotatable bonds is 6. The molecule has 7 nitrogen and oxygen atoms in total.